The topological polar surface area (TPSA) is 64.3 Å². The van der Waals surface area contributed by atoms with Crippen molar-refractivity contribution in [1.82, 2.24) is 19.8 Å². The predicted molar refractivity (Wildman–Crippen MR) is 67.8 cm³/mol. The number of rotatable bonds is 4. The second-order valence-electron chi connectivity index (χ2n) is 4.90. The Morgan fingerprint density at radius 2 is 2.10 bits per heavy atom. The molecule has 0 radical (unpaired) electrons. The molecule has 0 amide bonds. The molecule has 0 aliphatic heterocycles. The number of halogens is 3. The largest absolute Gasteiger partial charge is 0.453 e. The lowest BCUT2D eigenvalue weighted by Gasteiger charge is -2.35. The first-order valence-corrected chi connectivity index (χ1v) is 6.65. The number of anilines is 1. The third-order valence-corrected chi connectivity index (χ3v) is 3.37. The van der Waals surface area contributed by atoms with Gasteiger partial charge in [-0.2, -0.15) is 17.7 Å². The number of hydrogen-bond donors (Lipinski definition) is 1. The zero-order valence-electron chi connectivity index (χ0n) is 11.3. The first-order valence-electron chi connectivity index (χ1n) is 6.65. The van der Waals surface area contributed by atoms with Gasteiger partial charge in [-0.3, -0.25) is 0 Å². The molecule has 0 aromatic carbocycles. The summed E-state index contributed by atoms with van der Waals surface area (Å²) in [4.78, 5) is 0. The first-order chi connectivity index (χ1) is 9.97. The van der Waals surface area contributed by atoms with E-state index in [0.29, 0.717) is 16.9 Å². The van der Waals surface area contributed by atoms with Crippen molar-refractivity contribution in [2.24, 2.45) is 0 Å². The second kappa shape index (κ2) is 5.14. The van der Waals surface area contributed by atoms with Crippen LogP contribution < -0.4 is 5.32 Å². The molecule has 1 aliphatic rings. The molecule has 1 N–H and O–H groups in total. The predicted octanol–water partition coefficient (Wildman–Crippen LogP) is 2.12. The average Bonchev–Trinajstić information content (AvgIpc) is 2.79. The highest BCUT2D eigenvalue weighted by molar-refractivity contribution is 5.45. The van der Waals surface area contributed by atoms with Crippen molar-refractivity contribution in [2.45, 2.75) is 38.1 Å². The van der Waals surface area contributed by atoms with E-state index in [0.717, 1.165) is 12.8 Å². The van der Waals surface area contributed by atoms with E-state index in [9.17, 15) is 13.2 Å². The van der Waals surface area contributed by atoms with Gasteiger partial charge in [0.2, 0.25) is 0 Å². The van der Waals surface area contributed by atoms with Gasteiger partial charge in [0, 0.05) is 12.6 Å². The number of fused-ring (bicyclic) bond motifs is 1. The number of ether oxygens (including phenoxy) is 1. The Balaban J connectivity index is 1.75. The van der Waals surface area contributed by atoms with Crippen molar-refractivity contribution in [3.8, 4) is 0 Å². The third-order valence-electron chi connectivity index (χ3n) is 3.37. The average molecular weight is 301 g/mol. The van der Waals surface area contributed by atoms with Gasteiger partial charge < -0.3 is 10.1 Å². The van der Waals surface area contributed by atoms with Crippen molar-refractivity contribution in [3.63, 3.8) is 0 Å². The number of nitrogens with one attached hydrogen (secondary N) is 1. The van der Waals surface area contributed by atoms with E-state index in [2.05, 4.69) is 20.6 Å². The van der Waals surface area contributed by atoms with Crippen molar-refractivity contribution >= 4 is 11.5 Å². The molecule has 0 bridgehead atoms. The fourth-order valence-corrected chi connectivity index (χ4v) is 2.31. The summed E-state index contributed by atoms with van der Waals surface area (Å²) in [5, 5.41) is 13.6. The van der Waals surface area contributed by atoms with Gasteiger partial charge in [-0.25, -0.2) is 0 Å². The minimum absolute atomic E-state index is 0.0636. The number of aromatic nitrogens is 4. The van der Waals surface area contributed by atoms with Crippen LogP contribution in [0.4, 0.5) is 19.0 Å². The van der Waals surface area contributed by atoms with Crippen LogP contribution in [-0.4, -0.2) is 38.6 Å². The Bertz CT molecular complexity index is 635. The summed E-state index contributed by atoms with van der Waals surface area (Å²) < 4.78 is 44.4. The van der Waals surface area contributed by atoms with Gasteiger partial charge in [0.1, 0.15) is 5.82 Å². The summed E-state index contributed by atoms with van der Waals surface area (Å²) in [6.45, 7) is 2.60. The first kappa shape index (κ1) is 14.1. The number of nitrogens with zero attached hydrogens (tertiary/aromatic N) is 4. The normalized spacial score (nSPS) is 22.3. The lowest BCUT2D eigenvalue weighted by molar-refractivity contribution is -0.146. The van der Waals surface area contributed by atoms with E-state index in [-0.39, 0.29) is 17.8 Å². The molecule has 2 heterocycles. The Hall–Kier alpha value is -1.90. The standard InChI is InChI=1S/C12H14F3N5O/c1-2-21-8-5-7(6-8)16-9-3-4-10-17-18-11(12(13,14)15)20(10)19-9/h3-4,7-8H,2,5-6H2,1H3,(H,16,19). The maximum Gasteiger partial charge on any atom is 0.453 e. The molecule has 0 saturated heterocycles. The Labute approximate surface area is 118 Å². The summed E-state index contributed by atoms with van der Waals surface area (Å²) in [6, 6.07) is 3.21. The molecule has 114 valence electrons. The molecule has 0 unspecified atom stereocenters. The van der Waals surface area contributed by atoms with E-state index < -0.39 is 12.0 Å². The molecule has 2 aromatic rings. The number of hydrogen-bond acceptors (Lipinski definition) is 5. The van der Waals surface area contributed by atoms with Crippen LogP contribution >= 0.6 is 0 Å². The van der Waals surface area contributed by atoms with Crippen molar-refractivity contribution < 1.29 is 17.9 Å². The van der Waals surface area contributed by atoms with Crippen molar-refractivity contribution in [1.29, 1.82) is 0 Å². The highest BCUT2D eigenvalue weighted by Crippen LogP contribution is 2.29. The smallest absolute Gasteiger partial charge is 0.378 e. The summed E-state index contributed by atoms with van der Waals surface area (Å²) >= 11 is 0. The number of alkyl halides is 3. The maximum absolute atomic E-state index is 12.8. The highest BCUT2D eigenvalue weighted by Gasteiger charge is 2.38. The molecule has 3 rings (SSSR count). The molecule has 2 aromatic heterocycles. The lowest BCUT2D eigenvalue weighted by atomic mass is 9.89. The molecule has 1 saturated carbocycles. The van der Waals surface area contributed by atoms with E-state index in [1.165, 1.54) is 6.07 Å². The van der Waals surface area contributed by atoms with E-state index >= 15 is 0 Å². The highest BCUT2D eigenvalue weighted by atomic mass is 19.4. The Morgan fingerprint density at radius 3 is 2.76 bits per heavy atom. The van der Waals surface area contributed by atoms with Gasteiger partial charge in [0.05, 0.1) is 6.10 Å². The van der Waals surface area contributed by atoms with E-state index in [1.807, 2.05) is 6.92 Å². The molecular weight excluding hydrogens is 287 g/mol. The molecule has 1 fully saturated rings. The quantitative estimate of drug-likeness (QED) is 0.937. The van der Waals surface area contributed by atoms with E-state index in [4.69, 9.17) is 4.74 Å². The summed E-state index contributed by atoms with van der Waals surface area (Å²) in [7, 11) is 0. The molecule has 21 heavy (non-hydrogen) atoms. The molecule has 1 aliphatic carbocycles. The second-order valence-corrected chi connectivity index (χ2v) is 4.90. The summed E-state index contributed by atoms with van der Waals surface area (Å²) in [5.74, 6) is -0.755. The van der Waals surface area contributed by atoms with Gasteiger partial charge in [-0.1, -0.05) is 0 Å². The zero-order chi connectivity index (χ0) is 15.0. The summed E-state index contributed by atoms with van der Waals surface area (Å²) in [6.07, 6.45) is -2.72. The van der Waals surface area contributed by atoms with E-state index in [1.54, 1.807) is 6.07 Å². The van der Waals surface area contributed by atoms with Crippen LogP contribution in [0.25, 0.3) is 5.65 Å². The minimum atomic E-state index is -4.58. The molecule has 9 heteroatoms. The zero-order valence-corrected chi connectivity index (χ0v) is 11.3. The van der Waals surface area contributed by atoms with Crippen LogP contribution in [0.15, 0.2) is 12.1 Å². The summed E-state index contributed by atoms with van der Waals surface area (Å²) in [5.41, 5.74) is 0.0636. The van der Waals surface area contributed by atoms with Gasteiger partial charge in [0.15, 0.2) is 5.65 Å². The van der Waals surface area contributed by atoms with Crippen LogP contribution in [0.2, 0.25) is 0 Å². The molecular formula is C12H14F3N5O. The SMILES string of the molecule is CCOC1CC(Nc2ccc3nnc(C(F)(F)F)n3n2)C1. The molecule has 6 nitrogen and oxygen atoms in total. The van der Waals surface area contributed by atoms with Crippen molar-refractivity contribution in [2.75, 3.05) is 11.9 Å². The van der Waals surface area contributed by atoms with Crippen LogP contribution in [0.3, 0.4) is 0 Å². The molecule has 0 spiro atoms. The van der Waals surface area contributed by atoms with Gasteiger partial charge in [-0.05, 0) is 31.9 Å². The van der Waals surface area contributed by atoms with Crippen LogP contribution in [0, 0.1) is 0 Å². The fourth-order valence-electron chi connectivity index (χ4n) is 2.31. The lowest BCUT2D eigenvalue weighted by Crippen LogP contribution is -2.41. The third kappa shape index (κ3) is 2.78. The van der Waals surface area contributed by atoms with Crippen LogP contribution in [0.1, 0.15) is 25.6 Å². The molecule has 0 atom stereocenters. The Kier molecular flexibility index (Phi) is 3.44. The van der Waals surface area contributed by atoms with Crippen molar-refractivity contribution in [3.05, 3.63) is 18.0 Å². The fraction of sp³-hybridized carbons (Fsp3) is 0.583. The van der Waals surface area contributed by atoms with Gasteiger partial charge >= 0.3 is 6.18 Å². The van der Waals surface area contributed by atoms with Crippen LogP contribution in [-0.2, 0) is 10.9 Å². The minimum Gasteiger partial charge on any atom is -0.378 e. The van der Waals surface area contributed by atoms with Gasteiger partial charge in [0.25, 0.3) is 5.82 Å². The van der Waals surface area contributed by atoms with Gasteiger partial charge in [-0.15, -0.1) is 15.3 Å². The van der Waals surface area contributed by atoms with Crippen LogP contribution in [0.5, 0.6) is 0 Å². The monoisotopic (exact) mass is 301 g/mol. The maximum atomic E-state index is 12.8. The Morgan fingerprint density at radius 1 is 1.33 bits per heavy atom.